The molecule has 2 aromatic rings. The third kappa shape index (κ3) is 2.03. The molecule has 0 aliphatic heterocycles. The van der Waals surface area contributed by atoms with Gasteiger partial charge in [0.15, 0.2) is 0 Å². The third-order valence-corrected chi connectivity index (χ3v) is 2.01. The number of benzene rings is 1. The minimum atomic E-state index is -0.309. The largest absolute Gasteiger partial charge is 0.420 e. The van der Waals surface area contributed by atoms with E-state index in [1.165, 1.54) is 12.1 Å². The van der Waals surface area contributed by atoms with Gasteiger partial charge in [-0.25, -0.2) is 4.39 Å². The van der Waals surface area contributed by atoms with Gasteiger partial charge in [-0.3, -0.25) is 0 Å². The zero-order valence-electron chi connectivity index (χ0n) is 8.57. The molecule has 0 atom stereocenters. The van der Waals surface area contributed by atoms with Gasteiger partial charge in [-0.1, -0.05) is 19.9 Å². The molecule has 0 amide bonds. The summed E-state index contributed by atoms with van der Waals surface area (Å²) in [5.41, 5.74) is 0.606. The lowest BCUT2D eigenvalue weighted by molar-refractivity contribution is 0.480. The number of nitrogens with zero attached hydrogens (tertiary/aromatic N) is 2. The van der Waals surface area contributed by atoms with E-state index in [-0.39, 0.29) is 11.7 Å². The van der Waals surface area contributed by atoms with E-state index in [1.54, 1.807) is 12.1 Å². The van der Waals surface area contributed by atoms with Gasteiger partial charge < -0.3 is 4.42 Å². The van der Waals surface area contributed by atoms with Crippen LogP contribution in [-0.2, 0) is 0 Å². The van der Waals surface area contributed by atoms with Crippen LogP contribution in [0.15, 0.2) is 28.7 Å². The number of hydrogen-bond donors (Lipinski definition) is 0. The van der Waals surface area contributed by atoms with Crippen LogP contribution >= 0.6 is 0 Å². The lowest BCUT2D eigenvalue weighted by Crippen LogP contribution is -1.85. The first kappa shape index (κ1) is 9.83. The van der Waals surface area contributed by atoms with Crippen molar-refractivity contribution in [2.24, 2.45) is 0 Å². The molecule has 4 heteroatoms. The Balaban J connectivity index is 2.37. The maximum Gasteiger partial charge on any atom is 0.247 e. The monoisotopic (exact) mass is 206 g/mol. The summed E-state index contributed by atoms with van der Waals surface area (Å²) < 4.78 is 18.3. The fraction of sp³-hybridized carbons (Fsp3) is 0.273. The Morgan fingerprint density at radius 2 is 2.07 bits per heavy atom. The summed E-state index contributed by atoms with van der Waals surface area (Å²) in [5.74, 6) is 0.795. The van der Waals surface area contributed by atoms with E-state index >= 15 is 0 Å². The van der Waals surface area contributed by atoms with Gasteiger partial charge in [0.25, 0.3) is 0 Å². The number of rotatable bonds is 2. The van der Waals surface area contributed by atoms with Gasteiger partial charge in [-0.15, -0.1) is 10.2 Å². The van der Waals surface area contributed by atoms with Crippen molar-refractivity contribution >= 4 is 0 Å². The second-order valence-corrected chi connectivity index (χ2v) is 3.61. The molecule has 0 unspecified atom stereocenters. The average molecular weight is 206 g/mol. The summed E-state index contributed by atoms with van der Waals surface area (Å²) in [6.07, 6.45) is 0. The van der Waals surface area contributed by atoms with E-state index < -0.39 is 0 Å². The molecular weight excluding hydrogens is 195 g/mol. The number of halogens is 1. The van der Waals surface area contributed by atoms with Gasteiger partial charge >= 0.3 is 0 Å². The molecule has 0 aliphatic rings. The van der Waals surface area contributed by atoms with Gasteiger partial charge in [0, 0.05) is 11.5 Å². The lowest BCUT2D eigenvalue weighted by atomic mass is 10.2. The van der Waals surface area contributed by atoms with Gasteiger partial charge in [-0.05, 0) is 18.2 Å². The molecule has 0 N–H and O–H groups in total. The van der Waals surface area contributed by atoms with E-state index in [4.69, 9.17) is 4.42 Å². The summed E-state index contributed by atoms with van der Waals surface area (Å²) in [5, 5.41) is 7.75. The molecule has 0 bridgehead atoms. The Kier molecular flexibility index (Phi) is 2.49. The van der Waals surface area contributed by atoms with Crippen molar-refractivity contribution < 1.29 is 8.81 Å². The van der Waals surface area contributed by atoms with Crippen molar-refractivity contribution in [2.75, 3.05) is 0 Å². The van der Waals surface area contributed by atoms with Crippen LogP contribution in [0.25, 0.3) is 11.5 Å². The van der Waals surface area contributed by atoms with Gasteiger partial charge in [0.05, 0.1) is 0 Å². The lowest BCUT2D eigenvalue weighted by Gasteiger charge is -1.96. The molecule has 0 saturated carbocycles. The fourth-order valence-electron chi connectivity index (χ4n) is 1.21. The molecule has 1 aromatic heterocycles. The quantitative estimate of drug-likeness (QED) is 0.758. The normalized spacial score (nSPS) is 10.9. The average Bonchev–Trinajstić information content (AvgIpc) is 2.66. The molecule has 1 aromatic carbocycles. The maximum atomic E-state index is 12.9. The Morgan fingerprint density at radius 3 is 2.67 bits per heavy atom. The van der Waals surface area contributed by atoms with Crippen LogP contribution < -0.4 is 0 Å². The highest BCUT2D eigenvalue weighted by Crippen LogP contribution is 2.21. The van der Waals surface area contributed by atoms with Crippen LogP contribution in [0.1, 0.15) is 25.7 Å². The summed E-state index contributed by atoms with van der Waals surface area (Å²) in [7, 11) is 0. The SMILES string of the molecule is CC(C)c1nnc(-c2cccc(F)c2)o1. The van der Waals surface area contributed by atoms with Crippen LogP contribution in [-0.4, -0.2) is 10.2 Å². The maximum absolute atomic E-state index is 12.9. The Bertz CT molecular complexity index is 465. The van der Waals surface area contributed by atoms with E-state index in [1.807, 2.05) is 13.8 Å². The van der Waals surface area contributed by atoms with Crippen LogP contribution in [0.4, 0.5) is 4.39 Å². The van der Waals surface area contributed by atoms with Gasteiger partial charge in [0.2, 0.25) is 11.8 Å². The van der Waals surface area contributed by atoms with Crippen molar-refractivity contribution in [3.05, 3.63) is 36.0 Å². The van der Waals surface area contributed by atoms with Crippen molar-refractivity contribution in [3.63, 3.8) is 0 Å². The van der Waals surface area contributed by atoms with Crippen molar-refractivity contribution in [2.45, 2.75) is 19.8 Å². The molecule has 2 rings (SSSR count). The molecule has 3 nitrogen and oxygen atoms in total. The molecule has 0 fully saturated rings. The van der Waals surface area contributed by atoms with E-state index in [9.17, 15) is 4.39 Å². The molecule has 15 heavy (non-hydrogen) atoms. The van der Waals surface area contributed by atoms with E-state index in [2.05, 4.69) is 10.2 Å². The Labute approximate surface area is 87.0 Å². The second kappa shape index (κ2) is 3.81. The first-order chi connectivity index (χ1) is 7.16. The van der Waals surface area contributed by atoms with Crippen molar-refractivity contribution in [1.82, 2.24) is 10.2 Å². The third-order valence-electron chi connectivity index (χ3n) is 2.01. The number of aromatic nitrogens is 2. The minimum Gasteiger partial charge on any atom is -0.420 e. The predicted octanol–water partition coefficient (Wildman–Crippen LogP) is 3.00. The Morgan fingerprint density at radius 1 is 1.27 bits per heavy atom. The number of hydrogen-bond acceptors (Lipinski definition) is 3. The summed E-state index contributed by atoms with van der Waals surface area (Å²) in [6, 6.07) is 6.10. The molecule has 78 valence electrons. The van der Waals surface area contributed by atoms with E-state index in [0.717, 1.165) is 0 Å². The highest BCUT2D eigenvalue weighted by molar-refractivity contribution is 5.52. The first-order valence-corrected chi connectivity index (χ1v) is 4.76. The highest BCUT2D eigenvalue weighted by atomic mass is 19.1. The van der Waals surface area contributed by atoms with Crippen LogP contribution in [0.3, 0.4) is 0 Å². The van der Waals surface area contributed by atoms with Gasteiger partial charge in [0.1, 0.15) is 5.82 Å². The standard InChI is InChI=1S/C11H11FN2O/c1-7(2)10-13-14-11(15-10)8-4-3-5-9(12)6-8/h3-7H,1-2H3. The second-order valence-electron chi connectivity index (χ2n) is 3.61. The molecule has 0 saturated heterocycles. The topological polar surface area (TPSA) is 38.9 Å². The summed E-state index contributed by atoms with van der Waals surface area (Å²) in [6.45, 7) is 3.92. The Hall–Kier alpha value is -1.71. The van der Waals surface area contributed by atoms with Crippen molar-refractivity contribution in [1.29, 1.82) is 0 Å². The van der Waals surface area contributed by atoms with Gasteiger partial charge in [-0.2, -0.15) is 0 Å². The van der Waals surface area contributed by atoms with E-state index in [0.29, 0.717) is 17.3 Å². The highest BCUT2D eigenvalue weighted by Gasteiger charge is 2.11. The fourth-order valence-corrected chi connectivity index (χ4v) is 1.21. The molecule has 0 aliphatic carbocycles. The van der Waals surface area contributed by atoms with Crippen LogP contribution in [0, 0.1) is 5.82 Å². The zero-order valence-corrected chi connectivity index (χ0v) is 8.57. The zero-order chi connectivity index (χ0) is 10.8. The minimum absolute atomic E-state index is 0.180. The predicted molar refractivity (Wildman–Crippen MR) is 53.8 cm³/mol. The summed E-state index contributed by atoms with van der Waals surface area (Å²) >= 11 is 0. The molecular formula is C11H11FN2O. The molecule has 1 heterocycles. The molecule has 0 radical (unpaired) electrons. The van der Waals surface area contributed by atoms with Crippen LogP contribution in [0.5, 0.6) is 0 Å². The first-order valence-electron chi connectivity index (χ1n) is 4.76. The molecule has 0 spiro atoms. The van der Waals surface area contributed by atoms with Crippen LogP contribution in [0.2, 0.25) is 0 Å². The summed E-state index contributed by atoms with van der Waals surface area (Å²) in [4.78, 5) is 0. The smallest absolute Gasteiger partial charge is 0.247 e. The van der Waals surface area contributed by atoms with Crippen molar-refractivity contribution in [3.8, 4) is 11.5 Å².